The molecule has 0 radical (unpaired) electrons. The number of likely N-dealkylation sites (tertiary alicyclic amines) is 2. The van der Waals surface area contributed by atoms with Gasteiger partial charge in [-0.3, -0.25) is 4.79 Å². The lowest BCUT2D eigenvalue weighted by atomic mass is 9.95. The maximum absolute atomic E-state index is 16.7. The van der Waals surface area contributed by atoms with Crippen LogP contribution in [-0.4, -0.2) is 83.1 Å². The molecule has 4 aromatic rings. The fourth-order valence-corrected chi connectivity index (χ4v) is 6.89. The van der Waals surface area contributed by atoms with Crippen molar-refractivity contribution >= 4 is 49.3 Å². The van der Waals surface area contributed by atoms with E-state index in [1.165, 1.54) is 6.08 Å². The highest BCUT2D eigenvalue weighted by Gasteiger charge is 2.39. The van der Waals surface area contributed by atoms with Crippen molar-refractivity contribution in [3.05, 3.63) is 48.1 Å². The first-order chi connectivity index (χ1) is 21.4. The average molecular weight is 648 g/mol. The zero-order valence-electron chi connectivity index (χ0n) is 24.5. The van der Waals surface area contributed by atoms with Crippen molar-refractivity contribution in [3.8, 4) is 17.1 Å². The standard InChI is InChI=1S/C30H30F5N7O2S/c1-4-21(43)42-11-9-15(13-42)41(3)27-18-12-19(30(33,34)35)22(17-7-8-20(31)26-25(17)37-28(36)45-26)23(32)24(18)38-29(39-27)44-14-16-6-5-10-40(16)2/h4,7-8,12,15-16H,1,5-6,9-11,13-14H2,2-3H3,(H2,36,37)/t15-,16+/m1/s1. The Kier molecular flexibility index (Phi) is 8.01. The second-order valence-corrected chi connectivity index (χ2v) is 12.3. The normalized spacial score (nSPS) is 19.1. The molecule has 2 aliphatic rings. The summed E-state index contributed by atoms with van der Waals surface area (Å²) < 4.78 is 81.3. The van der Waals surface area contributed by atoms with Gasteiger partial charge in [0.25, 0.3) is 0 Å². The van der Waals surface area contributed by atoms with Gasteiger partial charge in [-0.05, 0) is 57.1 Å². The van der Waals surface area contributed by atoms with Crippen LogP contribution < -0.4 is 15.4 Å². The molecule has 2 N–H and O–H groups in total. The highest BCUT2D eigenvalue weighted by Crippen LogP contribution is 2.46. The molecule has 4 heterocycles. The van der Waals surface area contributed by atoms with Crippen LogP contribution in [0.3, 0.4) is 0 Å². The van der Waals surface area contributed by atoms with Crippen LogP contribution in [0.25, 0.3) is 32.2 Å². The molecule has 0 aliphatic carbocycles. The molecule has 0 unspecified atom stereocenters. The van der Waals surface area contributed by atoms with E-state index in [2.05, 4.69) is 26.4 Å². The van der Waals surface area contributed by atoms with Crippen LogP contribution >= 0.6 is 11.3 Å². The molecule has 0 spiro atoms. The minimum Gasteiger partial charge on any atom is -0.462 e. The number of nitrogens with zero attached hydrogens (tertiary/aromatic N) is 6. The minimum atomic E-state index is -5.02. The third-order valence-electron chi connectivity index (χ3n) is 8.59. The summed E-state index contributed by atoms with van der Waals surface area (Å²) in [7, 11) is 3.58. The number of carbonyl (C=O) groups is 1. The Bertz CT molecular complexity index is 1810. The second-order valence-electron chi connectivity index (χ2n) is 11.3. The molecule has 0 saturated carbocycles. The van der Waals surface area contributed by atoms with Gasteiger partial charge in [0, 0.05) is 48.7 Å². The van der Waals surface area contributed by atoms with Crippen LogP contribution in [0, 0.1) is 11.6 Å². The number of hydrogen-bond acceptors (Lipinski definition) is 9. The molecule has 6 rings (SSSR count). The zero-order valence-corrected chi connectivity index (χ0v) is 25.3. The van der Waals surface area contributed by atoms with Gasteiger partial charge >= 0.3 is 12.2 Å². The van der Waals surface area contributed by atoms with Gasteiger partial charge in [-0.2, -0.15) is 23.1 Å². The van der Waals surface area contributed by atoms with Crippen LogP contribution in [0.2, 0.25) is 0 Å². The third-order valence-corrected chi connectivity index (χ3v) is 9.48. The number of amides is 1. The molecule has 2 aliphatic heterocycles. The molecule has 45 heavy (non-hydrogen) atoms. The number of carbonyl (C=O) groups excluding carboxylic acids is 1. The summed E-state index contributed by atoms with van der Waals surface area (Å²) in [6, 6.07) is 2.35. The zero-order chi connectivity index (χ0) is 32.2. The smallest absolute Gasteiger partial charge is 0.417 e. The number of rotatable bonds is 7. The molecule has 2 aromatic carbocycles. The molecule has 2 atom stereocenters. The van der Waals surface area contributed by atoms with Crippen molar-refractivity contribution in [2.75, 3.05) is 51.0 Å². The van der Waals surface area contributed by atoms with Crippen LogP contribution in [0.1, 0.15) is 24.8 Å². The number of benzene rings is 2. The van der Waals surface area contributed by atoms with Gasteiger partial charge < -0.3 is 25.2 Å². The van der Waals surface area contributed by atoms with E-state index < -0.39 is 34.5 Å². The number of nitrogen functional groups attached to an aromatic ring is 1. The number of thiazole rings is 1. The topological polar surface area (TPSA) is 101 Å². The van der Waals surface area contributed by atoms with Crippen molar-refractivity contribution in [3.63, 3.8) is 0 Å². The largest absolute Gasteiger partial charge is 0.462 e. The molecule has 2 saturated heterocycles. The van der Waals surface area contributed by atoms with E-state index in [4.69, 9.17) is 10.5 Å². The Morgan fingerprint density at radius 3 is 2.67 bits per heavy atom. The van der Waals surface area contributed by atoms with Crippen molar-refractivity contribution in [2.24, 2.45) is 0 Å². The van der Waals surface area contributed by atoms with Gasteiger partial charge in [0.15, 0.2) is 10.9 Å². The monoisotopic (exact) mass is 647 g/mol. The SMILES string of the molecule is C=CC(=O)N1CC[C@@H](N(C)c2nc(OC[C@@H]3CCCN3C)nc3c(F)c(-c4ccc(F)c5sc(N)nc45)c(C(F)(F)F)cc23)C1. The number of nitrogens with two attached hydrogens (primary N) is 1. The molecule has 15 heteroatoms. The third kappa shape index (κ3) is 5.63. The first-order valence-corrected chi connectivity index (χ1v) is 15.1. The number of hydrogen-bond donors (Lipinski definition) is 1. The quantitative estimate of drug-likeness (QED) is 0.208. The maximum atomic E-state index is 16.7. The summed E-state index contributed by atoms with van der Waals surface area (Å²) in [6.45, 7) is 5.27. The van der Waals surface area contributed by atoms with Crippen molar-refractivity contribution in [1.29, 1.82) is 0 Å². The van der Waals surface area contributed by atoms with E-state index in [0.29, 0.717) is 13.0 Å². The van der Waals surface area contributed by atoms with Crippen LogP contribution in [0.4, 0.5) is 32.9 Å². The van der Waals surface area contributed by atoms with E-state index in [0.717, 1.165) is 48.9 Å². The van der Waals surface area contributed by atoms with E-state index in [1.807, 2.05) is 7.05 Å². The van der Waals surface area contributed by atoms with E-state index in [1.54, 1.807) is 16.8 Å². The summed E-state index contributed by atoms with van der Waals surface area (Å²) in [5.74, 6) is -2.27. The molecular weight excluding hydrogens is 617 g/mol. The van der Waals surface area contributed by atoms with Crippen LogP contribution in [-0.2, 0) is 11.0 Å². The summed E-state index contributed by atoms with van der Waals surface area (Å²) >= 11 is 0.753. The minimum absolute atomic E-state index is 0.0192. The Balaban J connectivity index is 1.55. The number of likely N-dealkylation sites (N-methyl/N-ethyl adjacent to an activating group) is 2. The summed E-state index contributed by atoms with van der Waals surface area (Å²) in [4.78, 5) is 30.4. The van der Waals surface area contributed by atoms with Crippen LogP contribution in [0.15, 0.2) is 30.9 Å². The fourth-order valence-electron chi connectivity index (χ4n) is 6.13. The molecule has 2 aromatic heterocycles. The Morgan fingerprint density at radius 2 is 1.98 bits per heavy atom. The fraction of sp³-hybridized carbons (Fsp3) is 0.400. The lowest BCUT2D eigenvalue weighted by Crippen LogP contribution is -2.37. The number of fused-ring (bicyclic) bond motifs is 2. The number of anilines is 2. The molecule has 2 fully saturated rings. The first-order valence-electron chi connectivity index (χ1n) is 14.3. The Hall–Kier alpha value is -4.11. The number of ether oxygens (including phenoxy) is 1. The van der Waals surface area contributed by atoms with Gasteiger partial charge in [0.2, 0.25) is 5.91 Å². The van der Waals surface area contributed by atoms with Gasteiger partial charge in [0.05, 0.1) is 15.8 Å². The first kappa shape index (κ1) is 30.9. The number of aromatic nitrogens is 3. The van der Waals surface area contributed by atoms with Crippen molar-refractivity contribution in [2.45, 2.75) is 37.5 Å². The second kappa shape index (κ2) is 11.7. The molecule has 1 amide bonds. The molecule has 9 nitrogen and oxygen atoms in total. The van der Waals surface area contributed by atoms with E-state index in [9.17, 15) is 22.4 Å². The van der Waals surface area contributed by atoms with Gasteiger partial charge in [-0.15, -0.1) is 0 Å². The average Bonchev–Trinajstić information content (AvgIpc) is 3.75. The van der Waals surface area contributed by atoms with Crippen LogP contribution in [0.5, 0.6) is 6.01 Å². The molecular formula is C30H30F5N7O2S. The lowest BCUT2D eigenvalue weighted by molar-refractivity contribution is -0.137. The van der Waals surface area contributed by atoms with Gasteiger partial charge in [-0.25, -0.2) is 13.8 Å². The highest BCUT2D eigenvalue weighted by molar-refractivity contribution is 7.22. The number of halogens is 5. The summed E-state index contributed by atoms with van der Waals surface area (Å²) in [5.41, 5.74) is 2.77. The summed E-state index contributed by atoms with van der Waals surface area (Å²) in [5, 5.41) is -0.272. The van der Waals surface area contributed by atoms with E-state index in [-0.39, 0.29) is 69.3 Å². The molecule has 238 valence electrons. The Labute approximate surface area is 259 Å². The molecule has 0 bridgehead atoms. The van der Waals surface area contributed by atoms with E-state index >= 15 is 4.39 Å². The van der Waals surface area contributed by atoms with Gasteiger partial charge in [-0.1, -0.05) is 17.9 Å². The predicted molar refractivity (Wildman–Crippen MR) is 162 cm³/mol. The van der Waals surface area contributed by atoms with Crippen molar-refractivity contribution in [1.82, 2.24) is 24.8 Å². The lowest BCUT2D eigenvalue weighted by Gasteiger charge is -2.28. The predicted octanol–water partition coefficient (Wildman–Crippen LogP) is 5.48. The highest BCUT2D eigenvalue weighted by atomic mass is 32.1. The van der Waals surface area contributed by atoms with Crippen molar-refractivity contribution < 1.29 is 31.5 Å². The Morgan fingerprint density at radius 1 is 1.20 bits per heavy atom. The maximum Gasteiger partial charge on any atom is 0.417 e. The summed E-state index contributed by atoms with van der Waals surface area (Å²) in [6.07, 6.45) is -1.48. The number of alkyl halides is 3. The van der Waals surface area contributed by atoms with Gasteiger partial charge in [0.1, 0.15) is 23.8 Å².